The van der Waals surface area contributed by atoms with Crippen molar-refractivity contribution in [2.45, 2.75) is 13.8 Å². The smallest absolute Gasteiger partial charge is 0.170 e. The normalized spacial score (nSPS) is 10.1. The third kappa shape index (κ3) is 2.90. The molecule has 1 aromatic rings. The van der Waals surface area contributed by atoms with Gasteiger partial charge in [-0.3, -0.25) is 4.68 Å². The van der Waals surface area contributed by atoms with Crippen LogP contribution in [0.2, 0.25) is 0 Å². The first-order chi connectivity index (χ1) is 7.06. The molecule has 4 N–H and O–H groups in total. The fourth-order valence-electron chi connectivity index (χ4n) is 1.30. The summed E-state index contributed by atoms with van der Waals surface area (Å²) in [7, 11) is 1.91. The molecule has 0 saturated heterocycles. The Balaban J connectivity index is 2.68. The highest BCUT2D eigenvalue weighted by Gasteiger charge is 2.09. The van der Waals surface area contributed by atoms with Crippen LogP contribution in [0.4, 0.5) is 5.69 Å². The molecule has 0 unspecified atom stereocenters. The molecule has 0 aromatic carbocycles. The number of hydrogen-bond donors (Lipinski definition) is 3. The van der Waals surface area contributed by atoms with Crippen molar-refractivity contribution in [1.29, 1.82) is 0 Å². The highest BCUT2D eigenvalue weighted by Crippen LogP contribution is 2.17. The lowest BCUT2D eigenvalue weighted by Crippen LogP contribution is -2.32. The molecule has 0 atom stereocenters. The minimum absolute atomic E-state index is 0.562. The van der Waals surface area contributed by atoms with Crippen molar-refractivity contribution in [3.05, 3.63) is 11.4 Å². The summed E-state index contributed by atoms with van der Waals surface area (Å²) in [5.41, 5.74) is 8.33. The van der Waals surface area contributed by atoms with Gasteiger partial charge >= 0.3 is 0 Å². The maximum atomic E-state index is 5.37. The van der Waals surface area contributed by atoms with Crippen LogP contribution in [0, 0.1) is 13.8 Å². The van der Waals surface area contributed by atoms with Crippen LogP contribution in [0.15, 0.2) is 0 Å². The van der Waals surface area contributed by atoms with Crippen molar-refractivity contribution in [1.82, 2.24) is 15.1 Å². The number of hydrogen-bond acceptors (Lipinski definition) is 3. The molecule has 0 fully saturated rings. The predicted octanol–water partition coefficient (Wildman–Crippen LogP) is 0.282. The number of nitrogens with one attached hydrogen (secondary N) is 2. The van der Waals surface area contributed by atoms with E-state index in [9.17, 15) is 0 Å². The SMILES string of the molecule is Cc1nn(C)c(C)c1NC(=S)NCCN. The van der Waals surface area contributed by atoms with Crippen LogP contribution in [-0.2, 0) is 7.05 Å². The summed E-state index contributed by atoms with van der Waals surface area (Å²) in [6.07, 6.45) is 0. The maximum Gasteiger partial charge on any atom is 0.170 e. The summed E-state index contributed by atoms with van der Waals surface area (Å²) in [5, 5.41) is 11.0. The first kappa shape index (κ1) is 11.9. The molecule has 0 aliphatic rings. The molecule has 84 valence electrons. The van der Waals surface area contributed by atoms with Gasteiger partial charge in [0, 0.05) is 20.1 Å². The molecule has 1 heterocycles. The Morgan fingerprint density at radius 2 is 2.20 bits per heavy atom. The lowest BCUT2D eigenvalue weighted by atomic mass is 10.3. The van der Waals surface area contributed by atoms with Gasteiger partial charge in [-0.1, -0.05) is 0 Å². The van der Waals surface area contributed by atoms with E-state index in [1.54, 1.807) is 0 Å². The van der Waals surface area contributed by atoms with E-state index in [0.717, 1.165) is 17.1 Å². The number of thiocarbonyl (C=S) groups is 1. The standard InChI is InChI=1S/C9H17N5S/c1-6-8(7(2)14(3)13-6)12-9(15)11-5-4-10/h4-5,10H2,1-3H3,(H2,11,12,15). The highest BCUT2D eigenvalue weighted by atomic mass is 32.1. The molecule has 0 amide bonds. The van der Waals surface area contributed by atoms with Crippen LogP contribution in [0.25, 0.3) is 0 Å². The Kier molecular flexibility index (Phi) is 4.05. The topological polar surface area (TPSA) is 67.9 Å². The van der Waals surface area contributed by atoms with Crippen LogP contribution in [-0.4, -0.2) is 28.0 Å². The number of nitrogens with two attached hydrogens (primary N) is 1. The van der Waals surface area contributed by atoms with Gasteiger partial charge in [-0.15, -0.1) is 0 Å². The van der Waals surface area contributed by atoms with Crippen LogP contribution in [0.1, 0.15) is 11.4 Å². The van der Waals surface area contributed by atoms with Gasteiger partial charge in [0.2, 0.25) is 0 Å². The summed E-state index contributed by atoms with van der Waals surface area (Å²) >= 11 is 5.12. The van der Waals surface area contributed by atoms with Gasteiger partial charge in [0.05, 0.1) is 17.1 Å². The maximum absolute atomic E-state index is 5.37. The Morgan fingerprint density at radius 3 is 2.67 bits per heavy atom. The molecule has 0 aliphatic heterocycles. The van der Waals surface area contributed by atoms with E-state index in [1.807, 2.05) is 25.6 Å². The Bertz CT molecular complexity index is 358. The summed E-state index contributed by atoms with van der Waals surface area (Å²) in [6.45, 7) is 5.17. The van der Waals surface area contributed by atoms with E-state index in [-0.39, 0.29) is 0 Å². The number of aryl methyl sites for hydroxylation is 2. The molecule has 0 bridgehead atoms. The lowest BCUT2D eigenvalue weighted by Gasteiger charge is -2.09. The Labute approximate surface area is 95.0 Å². The van der Waals surface area contributed by atoms with Crippen molar-refractivity contribution in [2.75, 3.05) is 18.4 Å². The molecular formula is C9H17N5S. The van der Waals surface area contributed by atoms with Gasteiger partial charge in [0.15, 0.2) is 5.11 Å². The van der Waals surface area contributed by atoms with Gasteiger partial charge in [-0.05, 0) is 26.1 Å². The van der Waals surface area contributed by atoms with Crippen molar-refractivity contribution in [3.8, 4) is 0 Å². The minimum atomic E-state index is 0.562. The third-order valence-electron chi connectivity index (χ3n) is 2.18. The second-order valence-electron chi connectivity index (χ2n) is 3.34. The molecular weight excluding hydrogens is 210 g/mol. The number of rotatable bonds is 3. The summed E-state index contributed by atoms with van der Waals surface area (Å²) in [4.78, 5) is 0. The van der Waals surface area contributed by atoms with Crippen LogP contribution in [0.3, 0.4) is 0 Å². The molecule has 6 heteroatoms. The predicted molar refractivity (Wildman–Crippen MR) is 66.0 cm³/mol. The van der Waals surface area contributed by atoms with Crippen molar-refractivity contribution in [3.63, 3.8) is 0 Å². The first-order valence-corrected chi connectivity index (χ1v) is 5.22. The Morgan fingerprint density at radius 1 is 1.53 bits per heavy atom. The molecule has 0 aliphatic carbocycles. The van der Waals surface area contributed by atoms with Crippen molar-refractivity contribution < 1.29 is 0 Å². The molecule has 15 heavy (non-hydrogen) atoms. The third-order valence-corrected chi connectivity index (χ3v) is 2.42. The zero-order valence-corrected chi connectivity index (χ0v) is 10.1. The number of aromatic nitrogens is 2. The summed E-state index contributed by atoms with van der Waals surface area (Å²) in [5.74, 6) is 0. The van der Waals surface area contributed by atoms with Gasteiger partial charge in [0.25, 0.3) is 0 Å². The number of nitrogens with zero attached hydrogens (tertiary/aromatic N) is 2. The molecule has 0 spiro atoms. The van der Waals surface area contributed by atoms with Gasteiger partial charge in [-0.25, -0.2) is 0 Å². The second-order valence-corrected chi connectivity index (χ2v) is 3.75. The molecule has 5 nitrogen and oxygen atoms in total. The monoisotopic (exact) mass is 227 g/mol. The van der Waals surface area contributed by atoms with Crippen LogP contribution < -0.4 is 16.4 Å². The van der Waals surface area contributed by atoms with E-state index >= 15 is 0 Å². The van der Waals surface area contributed by atoms with E-state index < -0.39 is 0 Å². The molecule has 0 radical (unpaired) electrons. The van der Waals surface area contributed by atoms with Gasteiger partial charge in [0.1, 0.15) is 0 Å². The van der Waals surface area contributed by atoms with Gasteiger partial charge < -0.3 is 16.4 Å². The van der Waals surface area contributed by atoms with E-state index in [1.165, 1.54) is 0 Å². The van der Waals surface area contributed by atoms with E-state index in [2.05, 4.69) is 15.7 Å². The second kappa shape index (κ2) is 5.09. The Hall–Kier alpha value is -1.14. The zero-order chi connectivity index (χ0) is 11.4. The first-order valence-electron chi connectivity index (χ1n) is 4.81. The number of anilines is 1. The van der Waals surface area contributed by atoms with Crippen LogP contribution in [0.5, 0.6) is 0 Å². The van der Waals surface area contributed by atoms with Crippen LogP contribution >= 0.6 is 12.2 Å². The fourth-order valence-corrected chi connectivity index (χ4v) is 1.50. The largest absolute Gasteiger partial charge is 0.361 e. The van der Waals surface area contributed by atoms with E-state index in [0.29, 0.717) is 18.2 Å². The molecule has 0 saturated carbocycles. The quantitative estimate of drug-likeness (QED) is 0.647. The molecule has 1 rings (SSSR count). The zero-order valence-electron chi connectivity index (χ0n) is 9.29. The summed E-state index contributed by atoms with van der Waals surface area (Å²) in [6, 6.07) is 0. The summed E-state index contributed by atoms with van der Waals surface area (Å²) < 4.78 is 1.82. The van der Waals surface area contributed by atoms with Crippen molar-refractivity contribution >= 4 is 23.0 Å². The average Bonchev–Trinajstić information content (AvgIpc) is 2.42. The van der Waals surface area contributed by atoms with Crippen molar-refractivity contribution in [2.24, 2.45) is 12.8 Å². The highest BCUT2D eigenvalue weighted by molar-refractivity contribution is 7.80. The minimum Gasteiger partial charge on any atom is -0.361 e. The van der Waals surface area contributed by atoms with Gasteiger partial charge in [-0.2, -0.15) is 5.10 Å². The average molecular weight is 227 g/mol. The fraction of sp³-hybridized carbons (Fsp3) is 0.556. The molecule has 1 aromatic heterocycles. The van der Waals surface area contributed by atoms with E-state index in [4.69, 9.17) is 18.0 Å². The lowest BCUT2D eigenvalue weighted by molar-refractivity contribution is 0.731.